The fourth-order valence-electron chi connectivity index (χ4n) is 2.91. The molecule has 27 heavy (non-hydrogen) atoms. The van der Waals surface area contributed by atoms with E-state index in [-0.39, 0.29) is 23.2 Å². The van der Waals surface area contributed by atoms with Crippen molar-refractivity contribution in [3.63, 3.8) is 0 Å². The van der Waals surface area contributed by atoms with Crippen LogP contribution in [0.1, 0.15) is 18.2 Å². The van der Waals surface area contributed by atoms with E-state index >= 15 is 0 Å². The Bertz CT molecular complexity index is 1030. The molecule has 142 valence electrons. The van der Waals surface area contributed by atoms with E-state index in [4.69, 9.17) is 8.83 Å². The Morgan fingerprint density at radius 3 is 2.70 bits per heavy atom. The standard InChI is InChI=1S/C17H16FN3O4S2/c18-13-3-1-12(2-4-13)14-8-19-16(24-14)9-26-17-21-20-15(25-17)7-11-5-6-27(22,23)10-11/h1-4,8,11H,5-7,9-10H2. The minimum atomic E-state index is -2.91. The predicted octanol–water partition coefficient (Wildman–Crippen LogP) is 3.13. The van der Waals surface area contributed by atoms with Crippen LogP contribution >= 0.6 is 11.8 Å². The van der Waals surface area contributed by atoms with Crippen LogP contribution in [0, 0.1) is 11.7 Å². The molecule has 0 amide bonds. The van der Waals surface area contributed by atoms with Crippen LogP contribution in [0.4, 0.5) is 4.39 Å². The maximum absolute atomic E-state index is 13.0. The molecule has 1 fully saturated rings. The first-order chi connectivity index (χ1) is 13.0. The number of halogens is 1. The van der Waals surface area contributed by atoms with Gasteiger partial charge in [0.1, 0.15) is 5.82 Å². The molecular formula is C17H16FN3O4S2. The molecule has 4 rings (SSSR count). The second-order valence-electron chi connectivity index (χ2n) is 6.35. The third kappa shape index (κ3) is 4.56. The fourth-order valence-corrected chi connectivity index (χ4v) is 5.40. The van der Waals surface area contributed by atoms with Gasteiger partial charge in [0.25, 0.3) is 5.22 Å². The summed E-state index contributed by atoms with van der Waals surface area (Å²) in [5.41, 5.74) is 0.742. The summed E-state index contributed by atoms with van der Waals surface area (Å²) in [4.78, 5) is 4.20. The van der Waals surface area contributed by atoms with E-state index in [2.05, 4.69) is 15.2 Å². The van der Waals surface area contributed by atoms with Gasteiger partial charge in [-0.15, -0.1) is 10.2 Å². The maximum Gasteiger partial charge on any atom is 0.277 e. The zero-order valence-corrected chi connectivity index (χ0v) is 15.8. The molecule has 3 aromatic rings. The first-order valence-corrected chi connectivity index (χ1v) is 11.1. The number of nitrogens with zero attached hydrogens (tertiary/aromatic N) is 3. The lowest BCUT2D eigenvalue weighted by Gasteiger charge is -2.01. The number of rotatable bonds is 6. The van der Waals surface area contributed by atoms with Crippen molar-refractivity contribution in [1.29, 1.82) is 0 Å². The molecule has 0 aliphatic carbocycles. The quantitative estimate of drug-likeness (QED) is 0.573. The molecule has 1 aliphatic heterocycles. The van der Waals surface area contributed by atoms with Gasteiger partial charge < -0.3 is 8.83 Å². The zero-order valence-electron chi connectivity index (χ0n) is 14.2. The lowest BCUT2D eigenvalue weighted by atomic mass is 10.1. The summed E-state index contributed by atoms with van der Waals surface area (Å²) in [6.07, 6.45) is 2.69. The van der Waals surface area contributed by atoms with E-state index in [9.17, 15) is 12.8 Å². The molecule has 10 heteroatoms. The topological polar surface area (TPSA) is 99.1 Å². The fraction of sp³-hybridized carbons (Fsp3) is 0.353. The number of hydrogen-bond acceptors (Lipinski definition) is 8. The number of thioether (sulfide) groups is 1. The van der Waals surface area contributed by atoms with Crippen LogP contribution in [0.25, 0.3) is 11.3 Å². The minimum absolute atomic E-state index is 0.0401. The van der Waals surface area contributed by atoms with Gasteiger partial charge in [-0.05, 0) is 36.6 Å². The molecule has 1 aliphatic rings. The summed E-state index contributed by atoms with van der Waals surface area (Å²) in [6, 6.07) is 5.98. The summed E-state index contributed by atoms with van der Waals surface area (Å²) < 4.78 is 47.2. The van der Waals surface area contributed by atoms with Crippen LogP contribution in [0.3, 0.4) is 0 Å². The van der Waals surface area contributed by atoms with Crippen molar-refractivity contribution in [3.8, 4) is 11.3 Å². The van der Waals surface area contributed by atoms with Gasteiger partial charge >= 0.3 is 0 Å². The molecule has 7 nitrogen and oxygen atoms in total. The number of aromatic nitrogens is 3. The van der Waals surface area contributed by atoms with Crippen LogP contribution in [0.5, 0.6) is 0 Å². The molecule has 0 saturated carbocycles. The first-order valence-electron chi connectivity index (χ1n) is 8.33. The van der Waals surface area contributed by atoms with Gasteiger partial charge in [-0.3, -0.25) is 0 Å². The van der Waals surface area contributed by atoms with Crippen LogP contribution in [-0.4, -0.2) is 35.1 Å². The van der Waals surface area contributed by atoms with Crippen LogP contribution in [0.2, 0.25) is 0 Å². The molecular weight excluding hydrogens is 393 g/mol. The molecule has 0 bridgehead atoms. The Balaban J connectivity index is 1.33. The van der Waals surface area contributed by atoms with E-state index in [1.165, 1.54) is 23.9 Å². The smallest absolute Gasteiger partial charge is 0.277 e. The minimum Gasteiger partial charge on any atom is -0.440 e. The molecule has 2 aromatic heterocycles. The van der Waals surface area contributed by atoms with Crippen molar-refractivity contribution in [3.05, 3.63) is 48.1 Å². The molecule has 1 unspecified atom stereocenters. The highest BCUT2D eigenvalue weighted by Crippen LogP contribution is 2.27. The van der Waals surface area contributed by atoms with Crippen molar-refractivity contribution < 1.29 is 21.6 Å². The number of benzene rings is 1. The van der Waals surface area contributed by atoms with Gasteiger partial charge in [-0.1, -0.05) is 11.8 Å². The van der Waals surface area contributed by atoms with Crippen LogP contribution in [0.15, 0.2) is 44.5 Å². The molecule has 0 radical (unpaired) electrons. The van der Waals surface area contributed by atoms with Gasteiger partial charge in [-0.2, -0.15) is 0 Å². The van der Waals surface area contributed by atoms with Crippen molar-refractivity contribution in [2.45, 2.75) is 23.8 Å². The van der Waals surface area contributed by atoms with Crippen molar-refractivity contribution in [1.82, 2.24) is 15.2 Å². The molecule has 1 saturated heterocycles. The molecule has 1 aromatic carbocycles. The molecule has 0 N–H and O–H groups in total. The van der Waals surface area contributed by atoms with E-state index in [1.807, 2.05) is 0 Å². The van der Waals surface area contributed by atoms with E-state index in [0.29, 0.717) is 41.4 Å². The Morgan fingerprint density at radius 1 is 1.15 bits per heavy atom. The number of oxazole rings is 1. The van der Waals surface area contributed by atoms with Gasteiger partial charge in [0, 0.05) is 12.0 Å². The Kier molecular flexibility index (Phi) is 5.00. The highest BCUT2D eigenvalue weighted by Gasteiger charge is 2.29. The van der Waals surface area contributed by atoms with Crippen molar-refractivity contribution in [2.24, 2.45) is 5.92 Å². The van der Waals surface area contributed by atoms with Gasteiger partial charge in [0.05, 0.1) is 23.5 Å². The summed E-state index contributed by atoms with van der Waals surface area (Å²) in [6.45, 7) is 0. The van der Waals surface area contributed by atoms with Crippen LogP contribution in [-0.2, 0) is 22.0 Å². The predicted molar refractivity (Wildman–Crippen MR) is 96.2 cm³/mol. The summed E-state index contributed by atoms with van der Waals surface area (Å²) >= 11 is 1.29. The maximum atomic E-state index is 13.0. The highest BCUT2D eigenvalue weighted by atomic mass is 32.2. The third-order valence-electron chi connectivity index (χ3n) is 4.24. The molecule has 1 atom stereocenters. The Hall–Kier alpha value is -2.20. The highest BCUT2D eigenvalue weighted by molar-refractivity contribution is 7.98. The largest absolute Gasteiger partial charge is 0.440 e. The monoisotopic (exact) mass is 409 g/mol. The van der Waals surface area contributed by atoms with Crippen LogP contribution < -0.4 is 0 Å². The van der Waals surface area contributed by atoms with E-state index in [1.54, 1.807) is 18.3 Å². The summed E-state index contributed by atoms with van der Waals surface area (Å²) in [5, 5.41) is 8.33. The van der Waals surface area contributed by atoms with Crippen molar-refractivity contribution >= 4 is 21.6 Å². The summed E-state index contributed by atoms with van der Waals surface area (Å²) in [7, 11) is -2.91. The second-order valence-corrected chi connectivity index (χ2v) is 9.50. The molecule has 0 spiro atoms. The summed E-state index contributed by atoms with van der Waals surface area (Å²) in [5.74, 6) is 2.03. The lowest BCUT2D eigenvalue weighted by Crippen LogP contribution is -2.07. The average molecular weight is 409 g/mol. The van der Waals surface area contributed by atoms with Gasteiger partial charge in [0.2, 0.25) is 11.8 Å². The first kappa shape index (κ1) is 18.2. The second kappa shape index (κ2) is 7.43. The SMILES string of the molecule is O=S1(=O)CCC(Cc2nnc(SCc3ncc(-c4ccc(F)cc4)o3)o2)C1. The number of hydrogen-bond donors (Lipinski definition) is 0. The average Bonchev–Trinajstić information content (AvgIpc) is 3.34. The molecule has 3 heterocycles. The van der Waals surface area contributed by atoms with E-state index < -0.39 is 9.84 Å². The Labute approximate surface area is 159 Å². The third-order valence-corrected chi connectivity index (χ3v) is 6.88. The van der Waals surface area contributed by atoms with E-state index in [0.717, 1.165) is 5.56 Å². The number of sulfone groups is 1. The zero-order chi connectivity index (χ0) is 18.9. The lowest BCUT2D eigenvalue weighted by molar-refractivity contribution is 0.389. The van der Waals surface area contributed by atoms with Gasteiger partial charge in [0.15, 0.2) is 15.6 Å². The van der Waals surface area contributed by atoms with Gasteiger partial charge in [-0.25, -0.2) is 17.8 Å². The van der Waals surface area contributed by atoms with Crippen molar-refractivity contribution in [2.75, 3.05) is 11.5 Å². The Morgan fingerprint density at radius 2 is 1.96 bits per heavy atom. The normalized spacial score (nSPS) is 18.8.